The fourth-order valence-corrected chi connectivity index (χ4v) is 8.12. The number of hydrogen-bond donors (Lipinski definition) is 3. The van der Waals surface area contributed by atoms with Gasteiger partial charge in [0.15, 0.2) is 17.8 Å². The van der Waals surface area contributed by atoms with Crippen molar-refractivity contribution < 1.29 is 48.7 Å². The molecule has 2 saturated carbocycles. The second-order valence-corrected chi connectivity index (χ2v) is 10.7. The Labute approximate surface area is 171 Å². The number of aliphatic hydroxyl groups is 3. The van der Waals surface area contributed by atoms with Gasteiger partial charge >= 0.3 is 17.9 Å². The van der Waals surface area contributed by atoms with Crippen molar-refractivity contribution in [3.05, 3.63) is 0 Å². The van der Waals surface area contributed by atoms with E-state index in [1.54, 1.807) is 0 Å². The molecule has 0 unspecified atom stereocenters. The summed E-state index contributed by atoms with van der Waals surface area (Å²) in [6, 6.07) is 0. The first kappa shape index (κ1) is 19.0. The molecule has 3 N–H and O–H groups in total. The smallest absolute Gasteiger partial charge is 0.343 e. The molecule has 0 aromatic heterocycles. The van der Waals surface area contributed by atoms with E-state index in [1.807, 2.05) is 20.8 Å². The third-order valence-corrected chi connectivity index (χ3v) is 9.00. The predicted octanol–water partition coefficient (Wildman–Crippen LogP) is -1.37. The summed E-state index contributed by atoms with van der Waals surface area (Å²) in [6.45, 7) is 7.14. The topological polar surface area (TPSA) is 149 Å². The molecule has 6 aliphatic rings. The Bertz CT molecular complexity index is 925. The lowest BCUT2D eigenvalue weighted by atomic mass is 9.51. The van der Waals surface area contributed by atoms with Crippen LogP contribution in [0.4, 0.5) is 0 Å². The van der Waals surface area contributed by atoms with E-state index in [2.05, 4.69) is 0 Å². The van der Waals surface area contributed by atoms with Gasteiger partial charge < -0.3 is 34.3 Å². The highest BCUT2D eigenvalue weighted by Gasteiger charge is 3.03. The van der Waals surface area contributed by atoms with E-state index in [1.165, 1.54) is 6.92 Å². The van der Waals surface area contributed by atoms with Crippen molar-refractivity contribution in [1.82, 2.24) is 0 Å². The number of carbonyl (C=O) groups is 3. The van der Waals surface area contributed by atoms with Crippen LogP contribution in [0.5, 0.6) is 0 Å². The van der Waals surface area contributed by atoms with Crippen LogP contribution in [0.25, 0.3) is 0 Å². The minimum Gasteiger partial charge on any atom is -0.459 e. The fourth-order valence-electron chi connectivity index (χ4n) is 8.12. The maximum absolute atomic E-state index is 13.4. The van der Waals surface area contributed by atoms with Gasteiger partial charge in [-0.05, 0) is 24.7 Å². The molecule has 4 saturated heterocycles. The molecule has 0 bridgehead atoms. The van der Waals surface area contributed by atoms with Gasteiger partial charge in [0.25, 0.3) is 0 Å². The summed E-state index contributed by atoms with van der Waals surface area (Å²) in [5.41, 5.74) is -8.26. The summed E-state index contributed by atoms with van der Waals surface area (Å²) < 4.78 is 22.5. The standard InChI is InChI=1S/C20H24O10/c1-6-12(23)28-11-9(21)18-8-5-7(16(2,3)4)17(18)10(22)13(24)29-15(17)30-20(18,14(25)27-8)19(6,11)26/h6-11,15,21-22,26H,5H2,1-4H3/t6-,7+,8-,9+,10+,11+,15+,17+,18+,19-,20-/m0/s1. The van der Waals surface area contributed by atoms with Gasteiger partial charge in [0, 0.05) is 0 Å². The van der Waals surface area contributed by atoms with Gasteiger partial charge in [-0.3, -0.25) is 4.79 Å². The van der Waals surface area contributed by atoms with Gasteiger partial charge in [-0.1, -0.05) is 20.8 Å². The molecular weight excluding hydrogens is 400 g/mol. The molecule has 2 aliphatic carbocycles. The Balaban J connectivity index is 1.72. The molecule has 0 amide bonds. The van der Waals surface area contributed by atoms with Gasteiger partial charge in [0.05, 0.1) is 16.7 Å². The molecule has 10 nitrogen and oxygen atoms in total. The quantitative estimate of drug-likeness (QED) is 0.314. The molecule has 164 valence electrons. The first-order valence-electron chi connectivity index (χ1n) is 10.2. The van der Waals surface area contributed by atoms with Crippen LogP contribution >= 0.6 is 0 Å². The second-order valence-electron chi connectivity index (χ2n) is 10.7. The molecule has 0 aromatic rings. The van der Waals surface area contributed by atoms with Gasteiger partial charge in [-0.25, -0.2) is 9.59 Å². The monoisotopic (exact) mass is 424 g/mol. The van der Waals surface area contributed by atoms with E-state index in [-0.39, 0.29) is 6.42 Å². The first-order valence-corrected chi connectivity index (χ1v) is 10.2. The third-order valence-electron chi connectivity index (χ3n) is 9.00. The van der Waals surface area contributed by atoms with Crippen molar-refractivity contribution in [2.45, 2.75) is 76.0 Å². The number of carbonyl (C=O) groups excluding carboxylic acids is 3. The Morgan fingerprint density at radius 2 is 1.70 bits per heavy atom. The zero-order chi connectivity index (χ0) is 21.8. The van der Waals surface area contributed by atoms with Crippen molar-refractivity contribution in [2.75, 3.05) is 0 Å². The lowest BCUT2D eigenvalue weighted by Gasteiger charge is -2.47. The number of aliphatic hydroxyl groups excluding tert-OH is 2. The molecular formula is C20H24O10. The van der Waals surface area contributed by atoms with E-state index < -0.39 is 87.9 Å². The van der Waals surface area contributed by atoms with E-state index >= 15 is 0 Å². The number of rotatable bonds is 0. The summed E-state index contributed by atoms with van der Waals surface area (Å²) in [7, 11) is 0. The van der Waals surface area contributed by atoms with Gasteiger partial charge in [-0.15, -0.1) is 0 Å². The van der Waals surface area contributed by atoms with Crippen LogP contribution in [0.2, 0.25) is 0 Å². The van der Waals surface area contributed by atoms with Crippen molar-refractivity contribution in [3.8, 4) is 0 Å². The zero-order valence-electron chi connectivity index (χ0n) is 16.9. The minimum atomic E-state index is -2.24. The van der Waals surface area contributed by atoms with Crippen LogP contribution in [0, 0.1) is 28.1 Å². The molecule has 6 fully saturated rings. The maximum Gasteiger partial charge on any atom is 0.343 e. The van der Waals surface area contributed by atoms with Gasteiger partial charge in [-0.2, -0.15) is 0 Å². The molecule has 11 atom stereocenters. The van der Waals surface area contributed by atoms with Crippen molar-refractivity contribution in [1.29, 1.82) is 0 Å². The Hall–Kier alpha value is -1.75. The van der Waals surface area contributed by atoms with E-state index in [0.717, 1.165) is 0 Å². The number of hydrogen-bond acceptors (Lipinski definition) is 10. The Kier molecular flexibility index (Phi) is 2.97. The Morgan fingerprint density at radius 1 is 1.03 bits per heavy atom. The molecule has 4 aliphatic heterocycles. The maximum atomic E-state index is 13.4. The molecule has 0 radical (unpaired) electrons. The molecule has 2 spiro atoms. The zero-order valence-corrected chi connectivity index (χ0v) is 16.9. The lowest BCUT2D eigenvalue weighted by molar-refractivity contribution is -0.239. The van der Waals surface area contributed by atoms with Gasteiger partial charge in [0.1, 0.15) is 12.2 Å². The van der Waals surface area contributed by atoms with Crippen LogP contribution in [-0.2, 0) is 33.3 Å². The summed E-state index contributed by atoms with van der Waals surface area (Å²) in [6.07, 6.45) is -6.91. The average Bonchev–Trinajstić information content (AvgIpc) is 3.35. The van der Waals surface area contributed by atoms with E-state index in [4.69, 9.17) is 18.9 Å². The molecule has 10 heteroatoms. The lowest BCUT2D eigenvalue weighted by Crippen LogP contribution is -2.67. The van der Waals surface area contributed by atoms with Crippen LogP contribution < -0.4 is 0 Å². The molecule has 0 aromatic carbocycles. The predicted molar refractivity (Wildman–Crippen MR) is 92.0 cm³/mol. The van der Waals surface area contributed by atoms with Crippen molar-refractivity contribution in [3.63, 3.8) is 0 Å². The summed E-state index contributed by atoms with van der Waals surface area (Å²) >= 11 is 0. The van der Waals surface area contributed by atoms with Crippen molar-refractivity contribution in [2.24, 2.45) is 28.1 Å². The average molecular weight is 424 g/mol. The molecule has 6 rings (SSSR count). The van der Waals surface area contributed by atoms with Crippen LogP contribution in [-0.4, -0.2) is 75.1 Å². The minimum absolute atomic E-state index is 0.229. The summed E-state index contributed by atoms with van der Waals surface area (Å²) in [4.78, 5) is 38.2. The number of esters is 3. The second kappa shape index (κ2) is 4.69. The molecule has 4 heterocycles. The van der Waals surface area contributed by atoms with Crippen LogP contribution in [0.3, 0.4) is 0 Å². The summed E-state index contributed by atoms with van der Waals surface area (Å²) in [5, 5.41) is 34.7. The Morgan fingerprint density at radius 3 is 2.33 bits per heavy atom. The largest absolute Gasteiger partial charge is 0.459 e. The van der Waals surface area contributed by atoms with Gasteiger partial charge in [0.2, 0.25) is 11.9 Å². The normalized spacial score (nSPS) is 60.1. The number of ether oxygens (including phenoxy) is 4. The highest BCUT2D eigenvalue weighted by molar-refractivity contribution is 5.94. The summed E-state index contributed by atoms with van der Waals surface area (Å²) in [5.74, 6) is -4.32. The third kappa shape index (κ3) is 1.33. The van der Waals surface area contributed by atoms with Crippen molar-refractivity contribution >= 4 is 17.9 Å². The fraction of sp³-hybridized carbons (Fsp3) is 0.850. The first-order chi connectivity index (χ1) is 13.8. The highest BCUT2D eigenvalue weighted by Crippen LogP contribution is 2.84. The van der Waals surface area contributed by atoms with Crippen LogP contribution in [0.15, 0.2) is 0 Å². The van der Waals surface area contributed by atoms with E-state index in [9.17, 15) is 29.7 Å². The van der Waals surface area contributed by atoms with E-state index in [0.29, 0.717) is 0 Å². The van der Waals surface area contributed by atoms with Crippen LogP contribution in [0.1, 0.15) is 34.1 Å². The number of fused-ring (bicyclic) bond motifs is 1. The highest BCUT2D eigenvalue weighted by atomic mass is 16.8. The SMILES string of the molecule is C[C@H]1C(=O)O[C@@H]2[C@@H](O)[C@]34[C@@H]5C[C@H](C(C)(C)C)[C@@]36[C@H](OC(=O)[C@H]6O)O[C@]4(C(=O)O5)[C@@]21O. The molecule has 30 heavy (non-hydrogen) atoms.